The molecule has 4 heteroatoms. The molecular weight excluding hydrogens is 250 g/mol. The molecule has 3 nitrogen and oxygen atoms in total. The van der Waals surface area contributed by atoms with Gasteiger partial charge in [-0.15, -0.1) is 11.6 Å². The van der Waals surface area contributed by atoms with Crippen molar-refractivity contribution >= 4 is 17.4 Å². The molecule has 0 unspecified atom stereocenters. The largest absolute Gasteiger partial charge is 0.494 e. The minimum absolute atomic E-state index is 0.145. The first-order valence-corrected chi connectivity index (χ1v) is 6.63. The molecular formula is C14H20ClNO2. The minimum atomic E-state index is 0.145. The van der Waals surface area contributed by atoms with Crippen molar-refractivity contribution in [3.05, 3.63) is 29.8 Å². The van der Waals surface area contributed by atoms with Crippen LogP contribution in [0.25, 0.3) is 0 Å². The maximum Gasteiger partial charge on any atom is 0.164 e. The van der Waals surface area contributed by atoms with Gasteiger partial charge in [0, 0.05) is 24.4 Å². The molecule has 0 aliphatic carbocycles. The number of benzene rings is 1. The van der Waals surface area contributed by atoms with E-state index >= 15 is 0 Å². The zero-order valence-electron chi connectivity index (χ0n) is 11.0. The second-order valence-corrected chi connectivity index (χ2v) is 4.77. The Balaban J connectivity index is 2.55. The van der Waals surface area contributed by atoms with Gasteiger partial charge in [-0.05, 0) is 32.6 Å². The van der Waals surface area contributed by atoms with E-state index in [-0.39, 0.29) is 5.78 Å². The van der Waals surface area contributed by atoms with Crippen molar-refractivity contribution in [1.82, 2.24) is 4.90 Å². The third-order valence-corrected chi connectivity index (χ3v) is 2.76. The monoisotopic (exact) mass is 269 g/mol. The number of hydrogen-bond donors (Lipinski definition) is 0. The Labute approximate surface area is 114 Å². The highest BCUT2D eigenvalue weighted by Crippen LogP contribution is 2.15. The Morgan fingerprint density at radius 2 is 2.17 bits per heavy atom. The van der Waals surface area contributed by atoms with Gasteiger partial charge in [0.15, 0.2) is 5.78 Å². The number of ketones is 1. The number of hydrogen-bond acceptors (Lipinski definition) is 3. The van der Waals surface area contributed by atoms with E-state index in [4.69, 9.17) is 16.3 Å². The lowest BCUT2D eigenvalue weighted by Gasteiger charge is -2.09. The van der Waals surface area contributed by atoms with Gasteiger partial charge < -0.3 is 9.64 Å². The molecule has 0 amide bonds. The number of ether oxygens (including phenoxy) is 1. The number of halogens is 1. The Morgan fingerprint density at radius 1 is 1.39 bits per heavy atom. The molecule has 0 saturated heterocycles. The summed E-state index contributed by atoms with van der Waals surface area (Å²) >= 11 is 5.58. The molecule has 0 atom stereocenters. The van der Waals surface area contributed by atoms with Crippen LogP contribution in [0, 0.1) is 0 Å². The van der Waals surface area contributed by atoms with Gasteiger partial charge in [-0.25, -0.2) is 0 Å². The van der Waals surface area contributed by atoms with Crippen molar-refractivity contribution in [2.24, 2.45) is 0 Å². The summed E-state index contributed by atoms with van der Waals surface area (Å²) < 4.78 is 5.52. The standard InChI is InChI=1S/C14H20ClNO2/c1-16(2)9-7-14(17)12-5-3-6-13(11-12)18-10-4-8-15/h3,5-6,11H,4,7-10H2,1-2H3. The molecule has 0 fully saturated rings. The summed E-state index contributed by atoms with van der Waals surface area (Å²) in [7, 11) is 3.91. The molecule has 0 aliphatic heterocycles. The maximum atomic E-state index is 11.9. The highest BCUT2D eigenvalue weighted by atomic mass is 35.5. The quantitative estimate of drug-likeness (QED) is 0.413. The minimum Gasteiger partial charge on any atom is -0.494 e. The number of carbonyl (C=O) groups is 1. The Bertz CT molecular complexity index is 380. The van der Waals surface area contributed by atoms with E-state index in [2.05, 4.69) is 0 Å². The van der Waals surface area contributed by atoms with Gasteiger partial charge in [-0.2, -0.15) is 0 Å². The SMILES string of the molecule is CN(C)CCC(=O)c1cccc(OCCCCl)c1. The number of rotatable bonds is 8. The fourth-order valence-electron chi connectivity index (χ4n) is 1.47. The van der Waals surface area contributed by atoms with Gasteiger partial charge in [0.1, 0.15) is 5.75 Å². The van der Waals surface area contributed by atoms with Gasteiger partial charge >= 0.3 is 0 Å². The van der Waals surface area contributed by atoms with E-state index in [0.717, 1.165) is 18.7 Å². The van der Waals surface area contributed by atoms with Crippen molar-refractivity contribution in [3.8, 4) is 5.75 Å². The van der Waals surface area contributed by atoms with E-state index < -0.39 is 0 Å². The first-order valence-electron chi connectivity index (χ1n) is 6.10. The molecule has 0 aliphatic rings. The van der Waals surface area contributed by atoms with Crippen LogP contribution in [0.1, 0.15) is 23.2 Å². The number of carbonyl (C=O) groups excluding carboxylic acids is 1. The molecule has 0 aromatic heterocycles. The maximum absolute atomic E-state index is 11.9. The third kappa shape index (κ3) is 5.52. The van der Waals surface area contributed by atoms with Crippen molar-refractivity contribution in [2.75, 3.05) is 33.1 Å². The van der Waals surface area contributed by atoms with Crippen molar-refractivity contribution in [1.29, 1.82) is 0 Å². The van der Waals surface area contributed by atoms with E-state index in [1.165, 1.54) is 0 Å². The average molecular weight is 270 g/mol. The topological polar surface area (TPSA) is 29.5 Å². The molecule has 18 heavy (non-hydrogen) atoms. The van der Waals surface area contributed by atoms with Crippen molar-refractivity contribution in [2.45, 2.75) is 12.8 Å². The smallest absolute Gasteiger partial charge is 0.164 e. The first kappa shape index (κ1) is 15.0. The highest BCUT2D eigenvalue weighted by molar-refractivity contribution is 6.17. The summed E-state index contributed by atoms with van der Waals surface area (Å²) in [6, 6.07) is 7.33. The molecule has 0 heterocycles. The van der Waals surface area contributed by atoms with Crippen LogP contribution in [0.5, 0.6) is 5.75 Å². The van der Waals surface area contributed by atoms with Crippen molar-refractivity contribution < 1.29 is 9.53 Å². The molecule has 0 bridgehead atoms. The van der Waals surface area contributed by atoms with Gasteiger partial charge in [-0.1, -0.05) is 12.1 Å². The summed E-state index contributed by atoms with van der Waals surface area (Å²) in [5, 5.41) is 0. The average Bonchev–Trinajstić information content (AvgIpc) is 2.36. The van der Waals surface area contributed by atoms with E-state index in [1.807, 2.05) is 37.2 Å². The van der Waals surface area contributed by atoms with Crippen LogP contribution in [0.3, 0.4) is 0 Å². The van der Waals surface area contributed by atoms with E-state index in [1.54, 1.807) is 6.07 Å². The van der Waals surface area contributed by atoms with Gasteiger partial charge in [0.25, 0.3) is 0 Å². The molecule has 0 saturated carbocycles. The Kier molecular flexibility index (Phi) is 6.76. The number of Topliss-reactive ketones (excluding diaryl/α,β-unsaturated/α-hetero) is 1. The summed E-state index contributed by atoms with van der Waals surface area (Å²) in [5.74, 6) is 1.46. The number of nitrogens with zero attached hydrogens (tertiary/aromatic N) is 1. The summed E-state index contributed by atoms with van der Waals surface area (Å²) in [6.45, 7) is 1.34. The van der Waals surface area contributed by atoms with Gasteiger partial charge in [0.05, 0.1) is 6.61 Å². The lowest BCUT2D eigenvalue weighted by molar-refractivity contribution is 0.0972. The van der Waals surface area contributed by atoms with Crippen LogP contribution >= 0.6 is 11.6 Å². The summed E-state index contributed by atoms with van der Waals surface area (Å²) in [5.41, 5.74) is 0.709. The predicted molar refractivity (Wildman–Crippen MR) is 74.8 cm³/mol. The third-order valence-electron chi connectivity index (χ3n) is 2.49. The summed E-state index contributed by atoms with van der Waals surface area (Å²) in [6.07, 6.45) is 1.33. The predicted octanol–water partition coefficient (Wildman–Crippen LogP) is 2.83. The molecule has 1 aromatic rings. The molecule has 0 spiro atoms. The van der Waals surface area contributed by atoms with Crippen LogP contribution in [-0.2, 0) is 0 Å². The Morgan fingerprint density at radius 3 is 2.83 bits per heavy atom. The van der Waals surface area contributed by atoms with Crippen LogP contribution in [0.15, 0.2) is 24.3 Å². The van der Waals surface area contributed by atoms with Crippen LogP contribution < -0.4 is 4.74 Å². The summed E-state index contributed by atoms with van der Waals surface area (Å²) in [4.78, 5) is 13.9. The zero-order chi connectivity index (χ0) is 13.4. The fourth-order valence-corrected chi connectivity index (χ4v) is 1.58. The zero-order valence-corrected chi connectivity index (χ0v) is 11.7. The lowest BCUT2D eigenvalue weighted by Crippen LogP contribution is -2.16. The molecule has 0 N–H and O–H groups in total. The van der Waals surface area contributed by atoms with Crippen LogP contribution in [-0.4, -0.2) is 43.8 Å². The Hall–Kier alpha value is -1.06. The van der Waals surface area contributed by atoms with Crippen LogP contribution in [0.4, 0.5) is 0 Å². The van der Waals surface area contributed by atoms with E-state index in [9.17, 15) is 4.79 Å². The highest BCUT2D eigenvalue weighted by Gasteiger charge is 2.07. The van der Waals surface area contributed by atoms with Crippen molar-refractivity contribution in [3.63, 3.8) is 0 Å². The van der Waals surface area contributed by atoms with Crippen LogP contribution in [0.2, 0.25) is 0 Å². The molecule has 0 radical (unpaired) electrons. The van der Waals surface area contributed by atoms with E-state index in [0.29, 0.717) is 24.5 Å². The molecule has 1 aromatic carbocycles. The second kappa shape index (κ2) is 8.11. The normalized spacial score (nSPS) is 10.7. The van der Waals surface area contributed by atoms with Gasteiger partial charge in [-0.3, -0.25) is 4.79 Å². The molecule has 100 valence electrons. The first-order chi connectivity index (χ1) is 8.63. The second-order valence-electron chi connectivity index (χ2n) is 4.40. The van der Waals surface area contributed by atoms with Gasteiger partial charge in [0.2, 0.25) is 0 Å². The molecule has 1 rings (SSSR count). The number of alkyl halides is 1. The lowest BCUT2D eigenvalue weighted by atomic mass is 10.1. The fraction of sp³-hybridized carbons (Fsp3) is 0.500.